The average Bonchev–Trinajstić information content (AvgIpc) is 2.47. The van der Waals surface area contributed by atoms with Gasteiger partial charge in [0.15, 0.2) is 0 Å². The van der Waals surface area contributed by atoms with Crippen molar-refractivity contribution in [1.29, 1.82) is 0 Å². The Balaban J connectivity index is 3.87. The molecule has 0 rings (SSSR count). The van der Waals surface area contributed by atoms with E-state index in [1.807, 2.05) is 0 Å². The number of hydrogen-bond donors (Lipinski definition) is 2. The van der Waals surface area contributed by atoms with Gasteiger partial charge in [0.2, 0.25) is 0 Å². The maximum absolute atomic E-state index is 9.85. The fourth-order valence-corrected chi connectivity index (χ4v) is 3.00. The zero-order valence-electron chi connectivity index (χ0n) is 15.4. The SMILES string of the molecule is CCC(O)C(C)CCCCC(C)(C)CCC(C)C(O)CC. The number of aliphatic hydroxyl groups excluding tert-OH is 2. The first-order valence-corrected chi connectivity index (χ1v) is 9.09. The molecule has 2 N–H and O–H groups in total. The lowest BCUT2D eigenvalue weighted by molar-refractivity contribution is 0.0970. The molecule has 0 fully saturated rings. The van der Waals surface area contributed by atoms with Crippen molar-refractivity contribution in [2.45, 2.75) is 105 Å². The van der Waals surface area contributed by atoms with Gasteiger partial charge in [0, 0.05) is 0 Å². The molecule has 0 heterocycles. The van der Waals surface area contributed by atoms with E-state index >= 15 is 0 Å². The van der Waals surface area contributed by atoms with E-state index in [0.717, 1.165) is 25.7 Å². The van der Waals surface area contributed by atoms with Gasteiger partial charge in [-0.2, -0.15) is 0 Å². The Morgan fingerprint density at radius 3 is 1.71 bits per heavy atom. The first kappa shape index (κ1) is 20.9. The van der Waals surface area contributed by atoms with Gasteiger partial charge in [0.1, 0.15) is 0 Å². The quantitative estimate of drug-likeness (QED) is 0.488. The van der Waals surface area contributed by atoms with Crippen LogP contribution in [0.1, 0.15) is 92.9 Å². The Kier molecular flexibility index (Phi) is 10.6. The molecule has 0 aliphatic heterocycles. The summed E-state index contributed by atoms with van der Waals surface area (Å²) < 4.78 is 0. The van der Waals surface area contributed by atoms with E-state index in [2.05, 4.69) is 41.5 Å². The maximum atomic E-state index is 9.85. The van der Waals surface area contributed by atoms with Gasteiger partial charge in [-0.1, -0.05) is 54.4 Å². The highest BCUT2D eigenvalue weighted by molar-refractivity contribution is 4.73. The molecular formula is C19H40O2. The van der Waals surface area contributed by atoms with Crippen molar-refractivity contribution in [2.24, 2.45) is 17.3 Å². The lowest BCUT2D eigenvalue weighted by Crippen LogP contribution is -2.20. The fraction of sp³-hybridized carbons (Fsp3) is 1.00. The van der Waals surface area contributed by atoms with Gasteiger partial charge in [0.05, 0.1) is 12.2 Å². The van der Waals surface area contributed by atoms with Crippen molar-refractivity contribution in [3.05, 3.63) is 0 Å². The predicted molar refractivity (Wildman–Crippen MR) is 92.4 cm³/mol. The summed E-state index contributed by atoms with van der Waals surface area (Å²) in [5.74, 6) is 0.840. The molecule has 4 atom stereocenters. The van der Waals surface area contributed by atoms with Crippen molar-refractivity contribution < 1.29 is 10.2 Å². The zero-order valence-corrected chi connectivity index (χ0v) is 15.4. The predicted octanol–water partition coefficient (Wildman–Crippen LogP) is 5.17. The van der Waals surface area contributed by atoms with Gasteiger partial charge in [-0.15, -0.1) is 0 Å². The highest BCUT2D eigenvalue weighted by Gasteiger charge is 2.21. The van der Waals surface area contributed by atoms with Crippen molar-refractivity contribution >= 4 is 0 Å². The van der Waals surface area contributed by atoms with Crippen LogP contribution in [-0.2, 0) is 0 Å². The lowest BCUT2D eigenvalue weighted by Gasteiger charge is -2.28. The largest absolute Gasteiger partial charge is 0.393 e. The Bertz CT molecular complexity index is 250. The van der Waals surface area contributed by atoms with E-state index < -0.39 is 0 Å². The van der Waals surface area contributed by atoms with Crippen LogP contribution >= 0.6 is 0 Å². The minimum absolute atomic E-state index is 0.130. The standard InChI is InChI=1S/C19H40O2/c1-7-17(20)15(3)11-9-10-13-19(5,6)14-12-16(4)18(21)8-2/h15-18,20-21H,7-14H2,1-6H3. The molecular weight excluding hydrogens is 260 g/mol. The Hall–Kier alpha value is -0.0800. The summed E-state index contributed by atoms with van der Waals surface area (Å²) in [5, 5.41) is 19.6. The van der Waals surface area contributed by atoms with Crippen LogP contribution in [0.4, 0.5) is 0 Å². The van der Waals surface area contributed by atoms with Gasteiger partial charge in [-0.25, -0.2) is 0 Å². The Labute approximate surface area is 133 Å². The van der Waals surface area contributed by atoms with E-state index in [9.17, 15) is 10.2 Å². The topological polar surface area (TPSA) is 40.5 Å². The summed E-state index contributed by atoms with van der Waals surface area (Å²) in [5.41, 5.74) is 0.369. The highest BCUT2D eigenvalue weighted by atomic mass is 16.3. The van der Waals surface area contributed by atoms with E-state index in [1.165, 1.54) is 25.7 Å². The molecule has 0 amide bonds. The normalized spacial score (nSPS) is 18.3. The molecule has 0 bridgehead atoms. The first-order valence-electron chi connectivity index (χ1n) is 9.09. The fourth-order valence-electron chi connectivity index (χ4n) is 3.00. The van der Waals surface area contributed by atoms with Crippen LogP contribution in [0.25, 0.3) is 0 Å². The lowest BCUT2D eigenvalue weighted by atomic mass is 9.79. The monoisotopic (exact) mass is 300 g/mol. The van der Waals surface area contributed by atoms with E-state index in [4.69, 9.17) is 0 Å². The molecule has 0 aliphatic rings. The first-order chi connectivity index (χ1) is 9.73. The molecule has 0 saturated heterocycles. The summed E-state index contributed by atoms with van der Waals surface area (Å²) in [6.07, 6.45) is 8.61. The Morgan fingerprint density at radius 2 is 1.24 bits per heavy atom. The van der Waals surface area contributed by atoms with Crippen LogP contribution in [0.5, 0.6) is 0 Å². The zero-order chi connectivity index (χ0) is 16.5. The van der Waals surface area contributed by atoms with Gasteiger partial charge < -0.3 is 10.2 Å². The molecule has 0 radical (unpaired) electrons. The van der Waals surface area contributed by atoms with E-state index in [1.54, 1.807) is 0 Å². The number of aliphatic hydroxyl groups is 2. The second-order valence-corrected chi connectivity index (χ2v) is 7.85. The van der Waals surface area contributed by atoms with Gasteiger partial charge >= 0.3 is 0 Å². The number of hydrogen-bond acceptors (Lipinski definition) is 2. The third-order valence-electron chi connectivity index (χ3n) is 5.19. The molecule has 21 heavy (non-hydrogen) atoms. The van der Waals surface area contributed by atoms with Crippen LogP contribution in [0.15, 0.2) is 0 Å². The molecule has 0 spiro atoms. The summed E-state index contributed by atoms with van der Waals surface area (Å²) in [7, 11) is 0. The number of unbranched alkanes of at least 4 members (excludes halogenated alkanes) is 1. The summed E-state index contributed by atoms with van der Waals surface area (Å²) in [6.45, 7) is 13.1. The van der Waals surface area contributed by atoms with Gasteiger partial charge in [-0.3, -0.25) is 0 Å². The van der Waals surface area contributed by atoms with Crippen LogP contribution in [0.2, 0.25) is 0 Å². The van der Waals surface area contributed by atoms with E-state index in [-0.39, 0.29) is 12.2 Å². The third kappa shape index (κ3) is 9.52. The smallest absolute Gasteiger partial charge is 0.0563 e. The number of rotatable bonds is 12. The van der Waals surface area contributed by atoms with Crippen LogP contribution in [0, 0.1) is 17.3 Å². The van der Waals surface area contributed by atoms with Gasteiger partial charge in [-0.05, 0) is 55.8 Å². The molecule has 0 aliphatic carbocycles. The minimum atomic E-state index is -0.141. The van der Waals surface area contributed by atoms with Crippen molar-refractivity contribution in [2.75, 3.05) is 0 Å². The van der Waals surface area contributed by atoms with Crippen LogP contribution in [-0.4, -0.2) is 22.4 Å². The highest BCUT2D eigenvalue weighted by Crippen LogP contribution is 2.32. The summed E-state index contributed by atoms with van der Waals surface area (Å²) in [6, 6.07) is 0. The van der Waals surface area contributed by atoms with Crippen molar-refractivity contribution in [3.63, 3.8) is 0 Å². The Morgan fingerprint density at radius 1 is 0.762 bits per heavy atom. The summed E-state index contributed by atoms with van der Waals surface area (Å²) >= 11 is 0. The molecule has 0 aromatic carbocycles. The second kappa shape index (κ2) is 10.6. The third-order valence-corrected chi connectivity index (χ3v) is 5.19. The van der Waals surface area contributed by atoms with Crippen molar-refractivity contribution in [1.82, 2.24) is 0 Å². The molecule has 4 unspecified atom stereocenters. The average molecular weight is 301 g/mol. The van der Waals surface area contributed by atoms with E-state index in [0.29, 0.717) is 17.3 Å². The molecule has 2 heteroatoms. The second-order valence-electron chi connectivity index (χ2n) is 7.85. The summed E-state index contributed by atoms with van der Waals surface area (Å²) in [4.78, 5) is 0. The molecule has 0 aromatic rings. The molecule has 0 aromatic heterocycles. The minimum Gasteiger partial charge on any atom is -0.393 e. The van der Waals surface area contributed by atoms with Gasteiger partial charge in [0.25, 0.3) is 0 Å². The molecule has 128 valence electrons. The molecule has 2 nitrogen and oxygen atoms in total. The molecule has 0 saturated carbocycles. The van der Waals surface area contributed by atoms with Crippen LogP contribution < -0.4 is 0 Å². The van der Waals surface area contributed by atoms with Crippen molar-refractivity contribution in [3.8, 4) is 0 Å². The maximum Gasteiger partial charge on any atom is 0.0563 e. The van der Waals surface area contributed by atoms with Crippen LogP contribution in [0.3, 0.4) is 0 Å².